The molecular formula is C24H30O8. The number of allylic oxidation sites excluding steroid dienone is 2. The molecule has 174 valence electrons. The van der Waals surface area contributed by atoms with Gasteiger partial charge < -0.3 is 18.9 Å². The molecule has 0 aromatic heterocycles. The zero-order valence-electron chi connectivity index (χ0n) is 19.2. The first kappa shape index (κ1) is 26.6. The van der Waals surface area contributed by atoms with Crippen LogP contribution in [0.4, 0.5) is 0 Å². The number of esters is 4. The molecular weight excluding hydrogens is 416 g/mol. The minimum absolute atomic E-state index is 0.124. The minimum Gasteiger partial charge on any atom is -0.461 e. The molecule has 1 aromatic carbocycles. The molecule has 0 bridgehead atoms. The van der Waals surface area contributed by atoms with Gasteiger partial charge in [-0.1, -0.05) is 12.2 Å². The summed E-state index contributed by atoms with van der Waals surface area (Å²) < 4.78 is 20.5. The monoisotopic (exact) mass is 446 g/mol. The van der Waals surface area contributed by atoms with E-state index in [2.05, 4.69) is 0 Å². The predicted molar refractivity (Wildman–Crippen MR) is 117 cm³/mol. The second-order valence-electron chi connectivity index (χ2n) is 7.17. The lowest BCUT2D eigenvalue weighted by Crippen LogP contribution is -2.07. The van der Waals surface area contributed by atoms with Crippen molar-refractivity contribution in [3.05, 3.63) is 47.1 Å². The van der Waals surface area contributed by atoms with Crippen molar-refractivity contribution in [3.8, 4) is 11.5 Å². The average molecular weight is 446 g/mol. The molecule has 0 saturated carbocycles. The van der Waals surface area contributed by atoms with Crippen LogP contribution in [-0.4, -0.2) is 37.1 Å². The summed E-state index contributed by atoms with van der Waals surface area (Å²) >= 11 is 0. The fourth-order valence-corrected chi connectivity index (χ4v) is 2.66. The van der Waals surface area contributed by atoms with Crippen molar-refractivity contribution in [1.29, 1.82) is 0 Å². The molecule has 0 atom stereocenters. The van der Waals surface area contributed by atoms with Crippen molar-refractivity contribution in [3.63, 3.8) is 0 Å². The van der Waals surface area contributed by atoms with Gasteiger partial charge in [-0.15, -0.1) is 0 Å². The van der Waals surface area contributed by atoms with E-state index in [1.165, 1.54) is 27.7 Å². The van der Waals surface area contributed by atoms with Crippen LogP contribution in [0.25, 0.3) is 0 Å². The lowest BCUT2D eigenvalue weighted by molar-refractivity contribution is -0.140. The summed E-state index contributed by atoms with van der Waals surface area (Å²) in [5.74, 6) is -0.971. The molecule has 0 aliphatic heterocycles. The van der Waals surface area contributed by atoms with Gasteiger partial charge in [0.05, 0.1) is 0 Å². The number of hydrogen-bond donors (Lipinski definition) is 0. The van der Waals surface area contributed by atoms with E-state index >= 15 is 0 Å². The highest BCUT2D eigenvalue weighted by molar-refractivity contribution is 5.71. The molecule has 0 saturated heterocycles. The van der Waals surface area contributed by atoms with E-state index in [0.29, 0.717) is 36.3 Å². The van der Waals surface area contributed by atoms with E-state index in [-0.39, 0.29) is 19.2 Å². The van der Waals surface area contributed by atoms with E-state index in [9.17, 15) is 19.2 Å². The Hall–Kier alpha value is -3.42. The van der Waals surface area contributed by atoms with Gasteiger partial charge in [0.1, 0.15) is 24.7 Å². The topological polar surface area (TPSA) is 105 Å². The lowest BCUT2D eigenvalue weighted by atomic mass is 10.0. The second kappa shape index (κ2) is 13.8. The highest BCUT2D eigenvalue weighted by Gasteiger charge is 2.10. The van der Waals surface area contributed by atoms with Crippen LogP contribution in [0.2, 0.25) is 0 Å². The predicted octanol–water partition coefficient (Wildman–Crippen LogP) is 3.86. The quantitative estimate of drug-likeness (QED) is 0.287. The number of benzene rings is 1. The van der Waals surface area contributed by atoms with E-state index < -0.39 is 17.9 Å². The fourth-order valence-electron chi connectivity index (χ4n) is 2.66. The Balaban J connectivity index is 3.00. The van der Waals surface area contributed by atoms with Gasteiger partial charge in [0, 0.05) is 33.3 Å². The lowest BCUT2D eigenvalue weighted by Gasteiger charge is -2.11. The van der Waals surface area contributed by atoms with Crippen LogP contribution in [0.1, 0.15) is 53.0 Å². The highest BCUT2D eigenvalue weighted by atomic mass is 16.5. The zero-order chi connectivity index (χ0) is 24.1. The molecule has 0 N–H and O–H groups in total. The summed E-state index contributed by atoms with van der Waals surface area (Å²) in [6.07, 6.45) is 5.47. The van der Waals surface area contributed by atoms with Gasteiger partial charge in [-0.05, 0) is 55.5 Å². The molecule has 8 nitrogen and oxygen atoms in total. The van der Waals surface area contributed by atoms with E-state index in [4.69, 9.17) is 18.9 Å². The maximum atomic E-state index is 11.4. The first-order chi connectivity index (χ1) is 15.1. The zero-order valence-corrected chi connectivity index (χ0v) is 19.2. The highest BCUT2D eigenvalue weighted by Crippen LogP contribution is 2.26. The summed E-state index contributed by atoms with van der Waals surface area (Å²) in [6, 6.07) is 4.74. The Morgan fingerprint density at radius 2 is 1.41 bits per heavy atom. The average Bonchev–Trinajstić information content (AvgIpc) is 2.68. The molecule has 0 heterocycles. The van der Waals surface area contributed by atoms with Crippen LogP contribution in [-0.2, 0) is 35.1 Å². The van der Waals surface area contributed by atoms with Crippen molar-refractivity contribution in [2.45, 2.75) is 53.9 Å². The standard InChI is InChI=1S/C24H30O8/c1-16(14-29-17(2)25)7-6-8-21(15-30-18(3)26)9-10-22-13-23(31-19(4)27)11-12-24(22)32-20(5)28/h7,9,11-13H,6,8,10,14-15H2,1-5H3/b16-7+,21-9+. The molecule has 0 fully saturated rings. The third-order valence-corrected chi connectivity index (χ3v) is 4.08. The van der Waals surface area contributed by atoms with Crippen molar-refractivity contribution < 1.29 is 38.1 Å². The normalized spacial score (nSPS) is 11.5. The van der Waals surface area contributed by atoms with Crippen LogP contribution < -0.4 is 9.47 Å². The smallest absolute Gasteiger partial charge is 0.308 e. The Morgan fingerprint density at radius 3 is 2.00 bits per heavy atom. The Bertz CT molecular complexity index is 895. The molecule has 0 unspecified atom stereocenters. The SMILES string of the molecule is CC(=O)OC/C(C)=C/CC/C(=C\Cc1cc(OC(C)=O)ccc1OC(C)=O)COC(C)=O. The van der Waals surface area contributed by atoms with Crippen LogP contribution in [0, 0.1) is 0 Å². The largest absolute Gasteiger partial charge is 0.461 e. The molecule has 8 heteroatoms. The third-order valence-electron chi connectivity index (χ3n) is 4.08. The van der Waals surface area contributed by atoms with Gasteiger partial charge in [-0.3, -0.25) is 19.2 Å². The summed E-state index contributed by atoms with van der Waals surface area (Å²) in [6.45, 7) is 7.51. The summed E-state index contributed by atoms with van der Waals surface area (Å²) in [4.78, 5) is 44.9. The Morgan fingerprint density at radius 1 is 0.781 bits per heavy atom. The van der Waals surface area contributed by atoms with Crippen LogP contribution in [0.3, 0.4) is 0 Å². The molecule has 0 aliphatic rings. The van der Waals surface area contributed by atoms with Crippen molar-refractivity contribution in [2.75, 3.05) is 13.2 Å². The van der Waals surface area contributed by atoms with Gasteiger partial charge in [-0.2, -0.15) is 0 Å². The number of hydrogen-bond acceptors (Lipinski definition) is 8. The first-order valence-electron chi connectivity index (χ1n) is 10.2. The van der Waals surface area contributed by atoms with Gasteiger partial charge >= 0.3 is 23.9 Å². The van der Waals surface area contributed by atoms with Crippen molar-refractivity contribution >= 4 is 23.9 Å². The summed E-state index contributed by atoms with van der Waals surface area (Å²) in [5.41, 5.74) is 2.42. The van der Waals surface area contributed by atoms with Crippen LogP contribution in [0.15, 0.2) is 41.5 Å². The number of carbonyl (C=O) groups is 4. The van der Waals surface area contributed by atoms with Crippen LogP contribution in [0.5, 0.6) is 11.5 Å². The van der Waals surface area contributed by atoms with Crippen molar-refractivity contribution in [1.82, 2.24) is 0 Å². The third kappa shape index (κ3) is 11.7. The fraction of sp³-hybridized carbons (Fsp3) is 0.417. The minimum atomic E-state index is -0.469. The molecule has 0 aliphatic carbocycles. The van der Waals surface area contributed by atoms with Crippen LogP contribution >= 0.6 is 0 Å². The number of rotatable bonds is 11. The number of ether oxygens (including phenoxy) is 4. The molecule has 0 amide bonds. The van der Waals surface area contributed by atoms with Gasteiger partial charge in [0.2, 0.25) is 0 Å². The molecule has 0 spiro atoms. The second-order valence-corrected chi connectivity index (χ2v) is 7.17. The molecule has 1 rings (SSSR count). The molecule has 1 aromatic rings. The van der Waals surface area contributed by atoms with E-state index in [0.717, 1.165) is 11.1 Å². The molecule has 0 radical (unpaired) electrons. The number of carbonyl (C=O) groups excluding carboxylic acids is 4. The first-order valence-corrected chi connectivity index (χ1v) is 10.2. The van der Waals surface area contributed by atoms with E-state index in [1.807, 2.05) is 19.1 Å². The van der Waals surface area contributed by atoms with E-state index in [1.54, 1.807) is 18.2 Å². The van der Waals surface area contributed by atoms with Gasteiger partial charge in [-0.25, -0.2) is 0 Å². The molecule has 32 heavy (non-hydrogen) atoms. The van der Waals surface area contributed by atoms with Crippen molar-refractivity contribution in [2.24, 2.45) is 0 Å². The maximum Gasteiger partial charge on any atom is 0.308 e. The summed E-state index contributed by atoms with van der Waals surface area (Å²) in [7, 11) is 0. The summed E-state index contributed by atoms with van der Waals surface area (Å²) in [5, 5.41) is 0. The van der Waals surface area contributed by atoms with Gasteiger partial charge in [0.15, 0.2) is 0 Å². The Kier molecular flexibility index (Phi) is 11.5. The Labute approximate surface area is 188 Å². The maximum absolute atomic E-state index is 11.4. The van der Waals surface area contributed by atoms with Gasteiger partial charge in [0.25, 0.3) is 0 Å².